The number of anilines is 1. The molecule has 2 atom stereocenters. The molecule has 5 heterocycles. The smallest absolute Gasteiger partial charge is 0.184 e. The summed E-state index contributed by atoms with van der Waals surface area (Å²) >= 11 is 0. The molecule has 172 valence electrons. The number of H-pyrrole nitrogens is 1. The molecule has 33 heavy (non-hydrogen) atoms. The average molecular weight is 470 g/mol. The number of hydrogen-bond acceptors (Lipinski definition) is 7. The number of hydrogen-bond donors (Lipinski definition) is 2. The molecule has 2 unspecified atom stereocenters. The first-order valence-electron chi connectivity index (χ1n) is 10.9. The van der Waals surface area contributed by atoms with E-state index in [0.717, 1.165) is 18.7 Å². The van der Waals surface area contributed by atoms with Crippen molar-refractivity contribution in [3.05, 3.63) is 36.7 Å². The summed E-state index contributed by atoms with van der Waals surface area (Å²) in [5, 5.41) is 24.4. The van der Waals surface area contributed by atoms with Gasteiger partial charge < -0.3 is 10.2 Å². The molecule has 11 heteroatoms. The maximum Gasteiger partial charge on any atom is 0.184 e. The molecule has 2 aliphatic rings. The van der Waals surface area contributed by atoms with Crippen molar-refractivity contribution in [1.82, 2.24) is 40.5 Å². The first kappa shape index (κ1) is 21.7. The lowest BCUT2D eigenvalue weighted by Gasteiger charge is -2.35. The topological polar surface area (TPSA) is 100 Å². The van der Waals surface area contributed by atoms with Crippen molar-refractivity contribution < 1.29 is 4.39 Å². The third kappa shape index (κ3) is 3.72. The number of halogens is 2. The lowest BCUT2D eigenvalue weighted by molar-refractivity contribution is 0.353. The maximum atomic E-state index is 15.2. The number of nitrogens with zero attached hydrogens (tertiary/aromatic N) is 7. The molecule has 3 aromatic heterocycles. The van der Waals surface area contributed by atoms with E-state index >= 15 is 4.39 Å². The molecule has 6 rings (SSSR count). The predicted molar refractivity (Wildman–Crippen MR) is 126 cm³/mol. The largest absolute Gasteiger partial charge is 0.354 e. The van der Waals surface area contributed by atoms with Gasteiger partial charge >= 0.3 is 0 Å². The van der Waals surface area contributed by atoms with E-state index in [1.165, 1.54) is 18.9 Å². The Labute approximate surface area is 196 Å². The van der Waals surface area contributed by atoms with E-state index in [-0.39, 0.29) is 18.2 Å². The molecule has 2 bridgehead atoms. The summed E-state index contributed by atoms with van der Waals surface area (Å²) < 4.78 is 16.8. The molecule has 0 aliphatic carbocycles. The molecule has 2 fully saturated rings. The van der Waals surface area contributed by atoms with Crippen LogP contribution in [-0.4, -0.2) is 60.3 Å². The SMILES string of the molecule is CN(c1cnc(-c2cc(F)c(-c3cnn(C)c3)c3cn[nH]c23)nn1)C1CC2CCC(C1)N2.Cl. The quantitative estimate of drug-likeness (QED) is 0.473. The van der Waals surface area contributed by atoms with Crippen LogP contribution < -0.4 is 10.2 Å². The molecule has 2 saturated heterocycles. The Morgan fingerprint density at radius 1 is 1.12 bits per heavy atom. The fourth-order valence-corrected chi connectivity index (χ4v) is 5.19. The van der Waals surface area contributed by atoms with Crippen LogP contribution in [0.2, 0.25) is 0 Å². The minimum absolute atomic E-state index is 0. The first-order chi connectivity index (χ1) is 15.6. The van der Waals surface area contributed by atoms with E-state index in [1.54, 1.807) is 36.5 Å². The number of rotatable bonds is 4. The molecule has 1 aromatic carbocycles. The summed E-state index contributed by atoms with van der Waals surface area (Å²) in [6.07, 6.45) is 11.5. The predicted octanol–water partition coefficient (Wildman–Crippen LogP) is 3.10. The number of fused-ring (bicyclic) bond motifs is 3. The van der Waals surface area contributed by atoms with Crippen LogP contribution in [0.25, 0.3) is 33.4 Å². The fourth-order valence-electron chi connectivity index (χ4n) is 5.19. The van der Waals surface area contributed by atoms with Crippen LogP contribution in [0.4, 0.5) is 10.2 Å². The van der Waals surface area contributed by atoms with Crippen molar-refractivity contribution in [2.75, 3.05) is 11.9 Å². The highest BCUT2D eigenvalue weighted by Gasteiger charge is 2.35. The number of benzene rings is 1. The molecule has 2 N–H and O–H groups in total. The van der Waals surface area contributed by atoms with Crippen molar-refractivity contribution in [2.45, 2.75) is 43.8 Å². The molecule has 0 spiro atoms. The second-order valence-electron chi connectivity index (χ2n) is 8.86. The molecule has 0 saturated carbocycles. The summed E-state index contributed by atoms with van der Waals surface area (Å²) in [5.74, 6) is 0.712. The third-order valence-electron chi connectivity index (χ3n) is 6.83. The Morgan fingerprint density at radius 2 is 1.91 bits per heavy atom. The maximum absolute atomic E-state index is 15.2. The van der Waals surface area contributed by atoms with Gasteiger partial charge in [0.25, 0.3) is 0 Å². The van der Waals surface area contributed by atoms with E-state index < -0.39 is 0 Å². The van der Waals surface area contributed by atoms with Crippen LogP contribution in [0, 0.1) is 5.82 Å². The number of aromatic amines is 1. The lowest BCUT2D eigenvalue weighted by Crippen LogP contribution is -2.47. The normalized spacial score (nSPS) is 21.8. The first-order valence-corrected chi connectivity index (χ1v) is 10.9. The molecule has 9 nitrogen and oxygen atoms in total. The van der Waals surface area contributed by atoms with Crippen LogP contribution in [-0.2, 0) is 7.05 Å². The van der Waals surface area contributed by atoms with Crippen molar-refractivity contribution in [3.63, 3.8) is 0 Å². The van der Waals surface area contributed by atoms with Gasteiger partial charge in [0.1, 0.15) is 5.82 Å². The van der Waals surface area contributed by atoms with Gasteiger partial charge in [0.05, 0.1) is 24.1 Å². The van der Waals surface area contributed by atoms with E-state index in [1.807, 2.05) is 0 Å². The zero-order chi connectivity index (χ0) is 21.8. The van der Waals surface area contributed by atoms with Gasteiger partial charge in [0.15, 0.2) is 11.6 Å². The van der Waals surface area contributed by atoms with E-state index in [4.69, 9.17) is 0 Å². The van der Waals surface area contributed by atoms with Gasteiger partial charge in [0, 0.05) is 60.5 Å². The molecule has 0 amide bonds. The van der Waals surface area contributed by atoms with Crippen LogP contribution in [0.1, 0.15) is 25.7 Å². The Kier molecular flexibility index (Phi) is 5.49. The highest BCUT2D eigenvalue weighted by molar-refractivity contribution is 6.01. The summed E-state index contributed by atoms with van der Waals surface area (Å²) in [6.45, 7) is 0. The van der Waals surface area contributed by atoms with Crippen LogP contribution >= 0.6 is 12.4 Å². The summed E-state index contributed by atoms with van der Waals surface area (Å²) in [5.41, 5.74) is 2.35. The second-order valence-corrected chi connectivity index (χ2v) is 8.86. The van der Waals surface area contributed by atoms with Gasteiger partial charge in [-0.25, -0.2) is 9.37 Å². The van der Waals surface area contributed by atoms with Gasteiger partial charge in [-0.15, -0.1) is 22.6 Å². The highest BCUT2D eigenvalue weighted by Crippen LogP contribution is 2.36. The van der Waals surface area contributed by atoms with Crippen molar-refractivity contribution in [1.29, 1.82) is 0 Å². The Hall–Kier alpha value is -3.11. The molecule has 0 radical (unpaired) electrons. The Morgan fingerprint density at radius 3 is 2.58 bits per heavy atom. The van der Waals surface area contributed by atoms with Crippen molar-refractivity contribution in [3.8, 4) is 22.5 Å². The van der Waals surface area contributed by atoms with Crippen LogP contribution in [0.3, 0.4) is 0 Å². The molecular weight excluding hydrogens is 445 g/mol. The van der Waals surface area contributed by atoms with E-state index in [9.17, 15) is 0 Å². The van der Waals surface area contributed by atoms with Gasteiger partial charge in [-0.2, -0.15) is 10.2 Å². The second kappa shape index (κ2) is 8.35. The molecule has 2 aliphatic heterocycles. The van der Waals surface area contributed by atoms with E-state index in [2.05, 4.69) is 47.7 Å². The fraction of sp³-hybridized carbons (Fsp3) is 0.409. The van der Waals surface area contributed by atoms with Gasteiger partial charge in [-0.1, -0.05) is 0 Å². The zero-order valence-electron chi connectivity index (χ0n) is 18.4. The standard InChI is InChI=1S/C22H24FN9.ClH/c1-31-11-12(8-26-31)20-17-9-25-29-21(17)16(7-18(20)23)22-24-10-19(28-30-22)32(2)15-5-13-3-4-14(6-15)27-13;/h7-11,13-15,27H,3-6H2,1-2H3,(H,25,29);1H. The summed E-state index contributed by atoms with van der Waals surface area (Å²) in [4.78, 5) is 6.71. The Balaban J connectivity index is 0.00000228. The highest BCUT2D eigenvalue weighted by atomic mass is 35.5. The number of nitrogens with one attached hydrogen (secondary N) is 2. The molecular formula is C22H25ClFN9. The van der Waals surface area contributed by atoms with E-state index in [0.29, 0.717) is 51.5 Å². The Bertz CT molecular complexity index is 1270. The average Bonchev–Trinajstić information content (AvgIpc) is 3.53. The minimum Gasteiger partial charge on any atom is -0.354 e. The third-order valence-corrected chi connectivity index (χ3v) is 6.83. The minimum atomic E-state index is -0.378. The lowest BCUT2D eigenvalue weighted by atomic mass is 9.99. The van der Waals surface area contributed by atoms with Crippen LogP contribution in [0.5, 0.6) is 0 Å². The number of aromatic nitrogens is 7. The van der Waals surface area contributed by atoms with Gasteiger partial charge in [-0.3, -0.25) is 9.78 Å². The monoisotopic (exact) mass is 469 g/mol. The summed E-state index contributed by atoms with van der Waals surface area (Å²) in [6, 6.07) is 3.05. The van der Waals surface area contributed by atoms with Crippen LogP contribution in [0.15, 0.2) is 30.9 Å². The number of aryl methyl sites for hydroxylation is 1. The van der Waals surface area contributed by atoms with Crippen molar-refractivity contribution in [2.24, 2.45) is 7.05 Å². The molecule has 4 aromatic rings. The summed E-state index contributed by atoms with van der Waals surface area (Å²) in [7, 11) is 3.85. The van der Waals surface area contributed by atoms with Gasteiger partial charge in [0.2, 0.25) is 0 Å². The zero-order valence-corrected chi connectivity index (χ0v) is 19.2. The van der Waals surface area contributed by atoms with Crippen molar-refractivity contribution >= 4 is 29.1 Å². The number of piperidine rings is 1. The van der Waals surface area contributed by atoms with Gasteiger partial charge in [-0.05, 0) is 31.7 Å².